The molecular weight excluding hydrogens is 307 g/mol. The van der Waals surface area contributed by atoms with E-state index in [2.05, 4.69) is 17.6 Å². The van der Waals surface area contributed by atoms with Gasteiger partial charge in [0.05, 0.1) is 0 Å². The average molecular weight is 329 g/mol. The third kappa shape index (κ3) is 4.60. The SMILES string of the molecule is CC(Cc1ccc(Cl)cc1Cl)C(=O)NC1CCNCC1C. The molecule has 21 heavy (non-hydrogen) atoms. The zero-order chi connectivity index (χ0) is 15.4. The summed E-state index contributed by atoms with van der Waals surface area (Å²) in [5, 5.41) is 7.75. The Hall–Kier alpha value is -0.770. The Balaban J connectivity index is 1.92. The van der Waals surface area contributed by atoms with E-state index in [-0.39, 0.29) is 17.9 Å². The average Bonchev–Trinajstić information content (AvgIpc) is 2.44. The predicted octanol–water partition coefficient (Wildman–Crippen LogP) is 3.29. The quantitative estimate of drug-likeness (QED) is 0.890. The lowest BCUT2D eigenvalue weighted by molar-refractivity contribution is -0.125. The number of rotatable bonds is 4. The van der Waals surface area contributed by atoms with Gasteiger partial charge in [-0.3, -0.25) is 4.79 Å². The van der Waals surface area contributed by atoms with E-state index < -0.39 is 0 Å². The molecule has 0 spiro atoms. The maximum atomic E-state index is 12.3. The fraction of sp³-hybridized carbons (Fsp3) is 0.562. The van der Waals surface area contributed by atoms with Crippen LogP contribution < -0.4 is 10.6 Å². The van der Waals surface area contributed by atoms with Crippen LogP contribution in [0.5, 0.6) is 0 Å². The van der Waals surface area contributed by atoms with Crippen molar-refractivity contribution in [2.45, 2.75) is 32.7 Å². The summed E-state index contributed by atoms with van der Waals surface area (Å²) in [6, 6.07) is 5.68. The van der Waals surface area contributed by atoms with Gasteiger partial charge in [0.15, 0.2) is 0 Å². The number of carbonyl (C=O) groups excluding carboxylic acids is 1. The Bertz CT molecular complexity index is 507. The van der Waals surface area contributed by atoms with Crippen LogP contribution in [0.3, 0.4) is 0 Å². The minimum absolute atomic E-state index is 0.0970. The topological polar surface area (TPSA) is 41.1 Å². The van der Waals surface area contributed by atoms with Gasteiger partial charge >= 0.3 is 0 Å². The van der Waals surface area contributed by atoms with Crippen LogP contribution in [0.15, 0.2) is 18.2 Å². The van der Waals surface area contributed by atoms with E-state index >= 15 is 0 Å². The third-order valence-corrected chi connectivity index (χ3v) is 4.69. The third-order valence-electron chi connectivity index (χ3n) is 4.10. The molecule has 0 saturated carbocycles. The molecular formula is C16H22Cl2N2O. The van der Waals surface area contributed by atoms with E-state index in [9.17, 15) is 4.79 Å². The lowest BCUT2D eigenvalue weighted by atomic mass is 9.93. The van der Waals surface area contributed by atoms with E-state index in [1.807, 2.05) is 19.1 Å². The molecule has 3 unspecified atom stereocenters. The van der Waals surface area contributed by atoms with Crippen LogP contribution in [-0.2, 0) is 11.2 Å². The molecule has 0 aromatic heterocycles. The zero-order valence-corrected chi connectivity index (χ0v) is 14.0. The summed E-state index contributed by atoms with van der Waals surface area (Å²) in [6.07, 6.45) is 1.61. The lowest BCUT2D eigenvalue weighted by Gasteiger charge is -2.31. The molecule has 1 aliphatic rings. The standard InChI is InChI=1S/C16H22Cl2N2O/c1-10(7-12-3-4-13(17)8-14(12)18)16(21)20-15-5-6-19-9-11(15)2/h3-4,8,10-11,15,19H,5-7,9H2,1-2H3,(H,20,21). The Morgan fingerprint density at radius 2 is 2.24 bits per heavy atom. The second kappa shape index (κ2) is 7.48. The number of nitrogens with one attached hydrogen (secondary N) is 2. The number of hydrogen-bond donors (Lipinski definition) is 2. The molecule has 1 fully saturated rings. The summed E-state index contributed by atoms with van der Waals surface area (Å²) in [7, 11) is 0. The van der Waals surface area contributed by atoms with Crippen LogP contribution >= 0.6 is 23.2 Å². The van der Waals surface area contributed by atoms with Crippen molar-refractivity contribution in [2.75, 3.05) is 13.1 Å². The molecule has 0 aliphatic carbocycles. The van der Waals surface area contributed by atoms with Gasteiger partial charge in [0, 0.05) is 22.0 Å². The number of piperidine rings is 1. The normalized spacial score (nSPS) is 23.6. The van der Waals surface area contributed by atoms with Gasteiger partial charge in [0.1, 0.15) is 0 Å². The highest BCUT2D eigenvalue weighted by atomic mass is 35.5. The smallest absolute Gasteiger partial charge is 0.223 e. The molecule has 3 atom stereocenters. The number of carbonyl (C=O) groups is 1. The van der Waals surface area contributed by atoms with Crippen molar-refractivity contribution >= 4 is 29.1 Å². The van der Waals surface area contributed by atoms with Gasteiger partial charge < -0.3 is 10.6 Å². The number of hydrogen-bond acceptors (Lipinski definition) is 2. The molecule has 1 heterocycles. The van der Waals surface area contributed by atoms with Crippen molar-refractivity contribution in [3.8, 4) is 0 Å². The minimum atomic E-state index is -0.106. The maximum absolute atomic E-state index is 12.3. The highest BCUT2D eigenvalue weighted by molar-refractivity contribution is 6.35. The molecule has 116 valence electrons. The van der Waals surface area contributed by atoms with E-state index in [0.717, 1.165) is 25.1 Å². The second-order valence-corrected chi connectivity index (χ2v) is 6.77. The van der Waals surface area contributed by atoms with Crippen LogP contribution in [0.2, 0.25) is 10.0 Å². The summed E-state index contributed by atoms with van der Waals surface area (Å²) in [4.78, 5) is 12.3. The summed E-state index contributed by atoms with van der Waals surface area (Å²) >= 11 is 12.1. The van der Waals surface area contributed by atoms with E-state index in [4.69, 9.17) is 23.2 Å². The van der Waals surface area contributed by atoms with E-state index in [1.54, 1.807) is 6.07 Å². The summed E-state index contributed by atoms with van der Waals surface area (Å²) < 4.78 is 0. The molecule has 1 aromatic carbocycles. The van der Waals surface area contributed by atoms with Crippen LogP contribution in [-0.4, -0.2) is 25.0 Å². The zero-order valence-electron chi connectivity index (χ0n) is 12.5. The first-order valence-corrected chi connectivity index (χ1v) is 8.18. The first-order chi connectivity index (χ1) is 9.97. The molecule has 1 aliphatic heterocycles. The van der Waals surface area contributed by atoms with E-state index in [1.165, 1.54) is 0 Å². The highest BCUT2D eigenvalue weighted by Crippen LogP contribution is 2.23. The Morgan fingerprint density at radius 1 is 1.48 bits per heavy atom. The molecule has 1 amide bonds. The summed E-state index contributed by atoms with van der Waals surface area (Å²) in [5.41, 5.74) is 0.960. The number of benzene rings is 1. The van der Waals surface area contributed by atoms with Crippen molar-refractivity contribution < 1.29 is 4.79 Å². The first kappa shape index (κ1) is 16.6. The second-order valence-electron chi connectivity index (χ2n) is 5.93. The van der Waals surface area contributed by atoms with Gasteiger partial charge in [-0.05, 0) is 49.5 Å². The summed E-state index contributed by atoms with van der Waals surface area (Å²) in [6.45, 7) is 6.03. The molecule has 5 heteroatoms. The lowest BCUT2D eigenvalue weighted by Crippen LogP contribution is -2.49. The van der Waals surface area contributed by atoms with Gasteiger partial charge in [0.2, 0.25) is 5.91 Å². The fourth-order valence-corrected chi connectivity index (χ4v) is 3.15. The Kier molecular flexibility index (Phi) is 5.91. The van der Waals surface area contributed by atoms with Gasteiger partial charge in [-0.1, -0.05) is 43.1 Å². The number of amides is 1. The van der Waals surface area contributed by atoms with Crippen molar-refractivity contribution in [1.82, 2.24) is 10.6 Å². The van der Waals surface area contributed by atoms with Gasteiger partial charge in [-0.2, -0.15) is 0 Å². The molecule has 1 aromatic rings. The molecule has 2 rings (SSSR count). The number of halogens is 2. The van der Waals surface area contributed by atoms with Crippen LogP contribution in [0, 0.1) is 11.8 Å². The molecule has 1 saturated heterocycles. The summed E-state index contributed by atoms with van der Waals surface area (Å²) in [5.74, 6) is 0.458. The maximum Gasteiger partial charge on any atom is 0.223 e. The van der Waals surface area contributed by atoms with Crippen molar-refractivity contribution in [3.05, 3.63) is 33.8 Å². The highest BCUT2D eigenvalue weighted by Gasteiger charge is 2.24. The van der Waals surface area contributed by atoms with Crippen LogP contribution in [0.4, 0.5) is 0 Å². The molecule has 0 bridgehead atoms. The molecule has 3 nitrogen and oxygen atoms in total. The minimum Gasteiger partial charge on any atom is -0.353 e. The van der Waals surface area contributed by atoms with Crippen molar-refractivity contribution in [2.24, 2.45) is 11.8 Å². The Morgan fingerprint density at radius 3 is 2.90 bits per heavy atom. The van der Waals surface area contributed by atoms with Crippen molar-refractivity contribution in [3.63, 3.8) is 0 Å². The van der Waals surface area contributed by atoms with Gasteiger partial charge in [0.25, 0.3) is 0 Å². The van der Waals surface area contributed by atoms with Gasteiger partial charge in [-0.15, -0.1) is 0 Å². The molecule has 2 N–H and O–H groups in total. The predicted molar refractivity (Wildman–Crippen MR) is 87.9 cm³/mol. The monoisotopic (exact) mass is 328 g/mol. The van der Waals surface area contributed by atoms with Gasteiger partial charge in [-0.25, -0.2) is 0 Å². The first-order valence-electron chi connectivity index (χ1n) is 7.42. The van der Waals surface area contributed by atoms with Crippen molar-refractivity contribution in [1.29, 1.82) is 0 Å². The fourth-order valence-electron chi connectivity index (χ4n) is 2.66. The van der Waals surface area contributed by atoms with Crippen LogP contribution in [0.25, 0.3) is 0 Å². The van der Waals surface area contributed by atoms with Crippen LogP contribution in [0.1, 0.15) is 25.8 Å². The van der Waals surface area contributed by atoms with E-state index in [0.29, 0.717) is 22.4 Å². The largest absolute Gasteiger partial charge is 0.353 e. The molecule has 0 radical (unpaired) electrons. The Labute approximate surface area is 136 Å².